The van der Waals surface area contributed by atoms with Gasteiger partial charge in [-0.1, -0.05) is 31.4 Å². The average molecular weight is 381 g/mol. The van der Waals surface area contributed by atoms with E-state index in [9.17, 15) is 5.26 Å². The highest BCUT2D eigenvalue weighted by Crippen LogP contribution is 2.43. The monoisotopic (exact) mass is 381 g/mol. The second kappa shape index (κ2) is 7.04. The summed E-state index contributed by atoms with van der Waals surface area (Å²) in [7, 11) is 2.01. The van der Waals surface area contributed by atoms with Crippen LogP contribution < -0.4 is 4.57 Å². The van der Waals surface area contributed by atoms with Gasteiger partial charge in [-0.05, 0) is 55.0 Å². The number of rotatable bonds is 2. The van der Waals surface area contributed by atoms with E-state index in [2.05, 4.69) is 41.8 Å². The Labute approximate surface area is 171 Å². The van der Waals surface area contributed by atoms with Crippen LogP contribution in [0.4, 0.5) is 0 Å². The van der Waals surface area contributed by atoms with E-state index in [0.29, 0.717) is 11.5 Å². The molecule has 4 aromatic rings. The van der Waals surface area contributed by atoms with E-state index in [1.165, 1.54) is 43.1 Å². The van der Waals surface area contributed by atoms with E-state index in [4.69, 9.17) is 4.42 Å². The van der Waals surface area contributed by atoms with Crippen LogP contribution in [0.1, 0.15) is 54.7 Å². The van der Waals surface area contributed by atoms with Crippen molar-refractivity contribution in [2.24, 2.45) is 7.05 Å². The summed E-state index contributed by atoms with van der Waals surface area (Å²) in [6, 6.07) is 17.2. The molecule has 2 aromatic heterocycles. The Balaban J connectivity index is 1.83. The second-order valence-electron chi connectivity index (χ2n) is 8.29. The molecule has 0 atom stereocenters. The molecule has 0 amide bonds. The number of aromatic nitrogens is 1. The number of benzene rings is 2. The van der Waals surface area contributed by atoms with Crippen LogP contribution in [-0.2, 0) is 7.05 Å². The number of hydrogen-bond donors (Lipinski definition) is 0. The highest BCUT2D eigenvalue weighted by molar-refractivity contribution is 6.10. The lowest BCUT2D eigenvalue weighted by atomic mass is 9.82. The maximum absolute atomic E-state index is 10.1. The van der Waals surface area contributed by atoms with Gasteiger partial charge in [-0.3, -0.25) is 0 Å². The molecular weight excluding hydrogens is 356 g/mol. The molecule has 0 unspecified atom stereocenters. The van der Waals surface area contributed by atoms with Crippen LogP contribution >= 0.6 is 0 Å². The quantitative estimate of drug-likeness (QED) is 0.382. The van der Waals surface area contributed by atoms with Crippen LogP contribution in [0, 0.1) is 18.3 Å². The summed E-state index contributed by atoms with van der Waals surface area (Å²) in [5, 5.41) is 12.4. The average Bonchev–Trinajstić information content (AvgIpc) is 3.12. The number of hydrogen-bond acceptors (Lipinski definition) is 2. The molecule has 0 spiro atoms. The van der Waals surface area contributed by atoms with Gasteiger partial charge in [-0.25, -0.2) is 4.57 Å². The lowest BCUT2D eigenvalue weighted by Gasteiger charge is -2.22. The number of nitrogens with zero attached hydrogens (tertiary/aromatic N) is 2. The van der Waals surface area contributed by atoms with Crippen LogP contribution in [0.3, 0.4) is 0 Å². The smallest absolute Gasteiger partial charge is 0.214 e. The fourth-order valence-corrected chi connectivity index (χ4v) is 5.10. The van der Waals surface area contributed by atoms with Crippen LogP contribution in [0.5, 0.6) is 0 Å². The number of fused-ring (bicyclic) bond motifs is 3. The zero-order valence-electron chi connectivity index (χ0n) is 17.0. The van der Waals surface area contributed by atoms with Crippen molar-refractivity contribution in [3.05, 3.63) is 65.4 Å². The van der Waals surface area contributed by atoms with Gasteiger partial charge in [0.1, 0.15) is 24.3 Å². The first-order valence-corrected chi connectivity index (χ1v) is 10.5. The van der Waals surface area contributed by atoms with Gasteiger partial charge in [0.2, 0.25) is 5.69 Å². The molecule has 0 aliphatic heterocycles. The van der Waals surface area contributed by atoms with Crippen LogP contribution in [0.25, 0.3) is 33.2 Å². The summed E-state index contributed by atoms with van der Waals surface area (Å²) in [5.74, 6) is 0.589. The lowest BCUT2D eigenvalue weighted by Crippen LogP contribution is -2.30. The van der Waals surface area contributed by atoms with Crippen LogP contribution in [-0.4, -0.2) is 0 Å². The van der Waals surface area contributed by atoms with Crippen molar-refractivity contribution < 1.29 is 8.98 Å². The molecule has 0 radical (unpaired) electrons. The van der Waals surface area contributed by atoms with E-state index in [1.54, 1.807) is 0 Å². The number of aryl methyl sites for hydroxylation is 2. The zero-order valence-corrected chi connectivity index (χ0v) is 17.0. The Morgan fingerprint density at radius 1 is 1.07 bits per heavy atom. The maximum atomic E-state index is 10.1. The van der Waals surface area contributed by atoms with Gasteiger partial charge < -0.3 is 4.42 Å². The fraction of sp³-hybridized carbons (Fsp3) is 0.308. The Kier molecular flexibility index (Phi) is 4.36. The van der Waals surface area contributed by atoms with E-state index in [0.717, 1.165) is 33.4 Å². The minimum Gasteiger partial charge on any atom is -0.455 e. The van der Waals surface area contributed by atoms with Gasteiger partial charge in [0.25, 0.3) is 0 Å². The zero-order chi connectivity index (χ0) is 20.0. The molecule has 1 aliphatic rings. The van der Waals surface area contributed by atoms with Crippen LogP contribution in [0.15, 0.2) is 53.1 Å². The standard InChI is InChI=1S/C26H25N2O/c1-17-15-20-25-19(18-9-4-3-5-10-18)11-8-13-23(25)29-26(20)21(16-27)24(17)22-12-6-7-14-28(22)2/h6-8,11-15,18H,3-5,9-10H2,1-2H3/q+1. The Hall–Kier alpha value is -3.12. The van der Waals surface area contributed by atoms with Crippen LogP contribution in [0.2, 0.25) is 0 Å². The molecule has 0 bridgehead atoms. The largest absolute Gasteiger partial charge is 0.455 e. The summed E-state index contributed by atoms with van der Waals surface area (Å²) in [6.45, 7) is 2.10. The fourth-order valence-electron chi connectivity index (χ4n) is 5.10. The van der Waals surface area contributed by atoms with Gasteiger partial charge in [-0.15, -0.1) is 0 Å². The normalized spacial score (nSPS) is 15.1. The molecule has 2 heterocycles. The van der Waals surface area contributed by atoms with Crippen molar-refractivity contribution in [1.29, 1.82) is 5.26 Å². The maximum Gasteiger partial charge on any atom is 0.214 e. The summed E-state index contributed by atoms with van der Waals surface area (Å²) in [5.41, 5.74) is 6.73. The molecule has 3 heteroatoms. The summed E-state index contributed by atoms with van der Waals surface area (Å²) >= 11 is 0. The third kappa shape index (κ3) is 2.83. The molecular formula is C26H25N2O+. The first-order valence-electron chi connectivity index (χ1n) is 10.5. The Bertz CT molecular complexity index is 1270. The molecule has 3 nitrogen and oxygen atoms in total. The minimum atomic E-state index is 0.589. The predicted octanol–water partition coefficient (Wildman–Crippen LogP) is 6.31. The molecule has 29 heavy (non-hydrogen) atoms. The molecule has 2 aromatic carbocycles. The van der Waals surface area contributed by atoms with E-state index in [1.807, 2.05) is 31.4 Å². The van der Waals surface area contributed by atoms with Crippen molar-refractivity contribution in [3.8, 4) is 17.3 Å². The van der Waals surface area contributed by atoms with Gasteiger partial charge in [0, 0.05) is 22.9 Å². The predicted molar refractivity (Wildman–Crippen MR) is 116 cm³/mol. The molecule has 1 fully saturated rings. The Morgan fingerprint density at radius 2 is 1.90 bits per heavy atom. The van der Waals surface area contributed by atoms with Crippen molar-refractivity contribution in [1.82, 2.24) is 0 Å². The van der Waals surface area contributed by atoms with E-state index >= 15 is 0 Å². The summed E-state index contributed by atoms with van der Waals surface area (Å²) in [6.07, 6.45) is 8.44. The molecule has 144 valence electrons. The number of furan rings is 1. The third-order valence-corrected chi connectivity index (χ3v) is 6.48. The molecule has 5 rings (SSSR count). The van der Waals surface area contributed by atoms with Gasteiger partial charge in [0.15, 0.2) is 11.8 Å². The topological polar surface area (TPSA) is 40.8 Å². The van der Waals surface area contributed by atoms with Gasteiger partial charge in [0.05, 0.1) is 5.56 Å². The van der Waals surface area contributed by atoms with E-state index in [-0.39, 0.29) is 0 Å². The van der Waals surface area contributed by atoms with Gasteiger partial charge >= 0.3 is 0 Å². The third-order valence-electron chi connectivity index (χ3n) is 6.48. The summed E-state index contributed by atoms with van der Waals surface area (Å²) < 4.78 is 8.39. The molecule has 0 N–H and O–H groups in total. The van der Waals surface area contributed by atoms with Crippen molar-refractivity contribution in [2.75, 3.05) is 0 Å². The lowest BCUT2D eigenvalue weighted by molar-refractivity contribution is -0.660. The van der Waals surface area contributed by atoms with Crippen molar-refractivity contribution >= 4 is 21.9 Å². The first-order chi connectivity index (χ1) is 14.2. The second-order valence-corrected chi connectivity index (χ2v) is 8.29. The highest BCUT2D eigenvalue weighted by Gasteiger charge is 2.25. The van der Waals surface area contributed by atoms with Crippen molar-refractivity contribution in [3.63, 3.8) is 0 Å². The van der Waals surface area contributed by atoms with E-state index < -0.39 is 0 Å². The highest BCUT2D eigenvalue weighted by atomic mass is 16.3. The van der Waals surface area contributed by atoms with Crippen molar-refractivity contribution in [2.45, 2.75) is 44.9 Å². The minimum absolute atomic E-state index is 0.589. The SMILES string of the molecule is Cc1cc2c(oc3cccc(C4CCCCC4)c32)c(C#N)c1-c1cccc[n+]1C. The molecule has 0 saturated heterocycles. The Morgan fingerprint density at radius 3 is 2.66 bits per heavy atom. The summed E-state index contributed by atoms with van der Waals surface area (Å²) in [4.78, 5) is 0. The number of nitriles is 1. The first kappa shape index (κ1) is 17.9. The molecule has 1 aliphatic carbocycles. The number of pyridine rings is 1. The van der Waals surface area contributed by atoms with Gasteiger partial charge in [-0.2, -0.15) is 5.26 Å². The molecule has 1 saturated carbocycles.